The summed E-state index contributed by atoms with van der Waals surface area (Å²) in [6, 6.07) is 10.9. The third-order valence-corrected chi connectivity index (χ3v) is 7.04. The van der Waals surface area contributed by atoms with Gasteiger partial charge in [0.15, 0.2) is 4.90 Å². The molecular weight excluding hydrogens is 539 g/mol. The molecule has 0 spiro atoms. The zero-order valence-corrected chi connectivity index (χ0v) is 20.7. The van der Waals surface area contributed by atoms with Crippen molar-refractivity contribution in [2.24, 2.45) is 0 Å². The molecule has 204 valence electrons. The van der Waals surface area contributed by atoms with Crippen molar-refractivity contribution in [1.82, 2.24) is 10.0 Å². The summed E-state index contributed by atoms with van der Waals surface area (Å²) in [5.74, 6) is -3.09. The summed E-state index contributed by atoms with van der Waals surface area (Å²) in [7, 11) is -4.69. The molecule has 0 aliphatic carbocycles. The first kappa shape index (κ1) is 28.8. The molecule has 39 heavy (non-hydrogen) atoms. The standard InChI is InChI=1S/C24H21FN4O9S/c25-17-9-5-15(6-10-17)14-20(24(31)32)26-23(30)19(13-16-7-11-18(12-8-16)28(33)34)27-39(37,38)22-4-2-1-3-21(22)29(35)36/h1-12,19-20,27H,13-14H2,(H,26,30)(H,31,32)/t19-,20?/m0/s1. The molecule has 0 saturated carbocycles. The van der Waals surface area contributed by atoms with Crippen molar-refractivity contribution in [3.63, 3.8) is 0 Å². The number of nitrogens with one attached hydrogen (secondary N) is 2. The molecule has 0 aliphatic heterocycles. The van der Waals surface area contributed by atoms with Crippen molar-refractivity contribution < 1.29 is 37.4 Å². The lowest BCUT2D eigenvalue weighted by Gasteiger charge is -2.22. The number of carbonyl (C=O) groups excluding carboxylic acids is 1. The molecule has 2 atom stereocenters. The third-order valence-electron chi connectivity index (χ3n) is 5.52. The van der Waals surface area contributed by atoms with Gasteiger partial charge in [0.1, 0.15) is 17.9 Å². The number of rotatable bonds is 12. The number of hydrogen-bond acceptors (Lipinski definition) is 8. The summed E-state index contributed by atoms with van der Waals surface area (Å²) in [6.07, 6.45) is -0.644. The quantitative estimate of drug-likeness (QED) is 0.220. The van der Waals surface area contributed by atoms with Crippen molar-refractivity contribution in [2.45, 2.75) is 29.8 Å². The van der Waals surface area contributed by atoms with Gasteiger partial charge in [-0.3, -0.25) is 25.0 Å². The molecule has 13 nitrogen and oxygen atoms in total. The molecule has 1 unspecified atom stereocenters. The minimum atomic E-state index is -4.69. The fraction of sp³-hybridized carbons (Fsp3) is 0.167. The molecule has 0 saturated heterocycles. The molecule has 0 radical (unpaired) electrons. The Kier molecular flexibility index (Phi) is 9.00. The predicted octanol–water partition coefficient (Wildman–Crippen LogP) is 2.34. The van der Waals surface area contributed by atoms with Crippen molar-refractivity contribution in [1.29, 1.82) is 0 Å². The van der Waals surface area contributed by atoms with Crippen LogP contribution in [0.3, 0.4) is 0 Å². The minimum absolute atomic E-state index is 0.259. The highest BCUT2D eigenvalue weighted by molar-refractivity contribution is 7.89. The van der Waals surface area contributed by atoms with Gasteiger partial charge in [0.2, 0.25) is 15.9 Å². The van der Waals surface area contributed by atoms with Crippen LogP contribution in [-0.4, -0.2) is 47.3 Å². The number of para-hydroxylation sites is 1. The normalized spacial score (nSPS) is 12.7. The number of sulfonamides is 1. The van der Waals surface area contributed by atoms with Gasteiger partial charge in [0.25, 0.3) is 11.4 Å². The van der Waals surface area contributed by atoms with Gasteiger partial charge in [-0.25, -0.2) is 17.6 Å². The summed E-state index contributed by atoms with van der Waals surface area (Å²) in [5.41, 5.74) is -0.363. The molecule has 0 heterocycles. The SMILES string of the molecule is O=C(O)C(Cc1ccc(F)cc1)NC(=O)[C@H](Cc1ccc([N+](=O)[O-])cc1)NS(=O)(=O)c1ccccc1[N+](=O)[O-]. The fourth-order valence-corrected chi connectivity index (χ4v) is 4.96. The first-order valence-electron chi connectivity index (χ1n) is 11.1. The van der Waals surface area contributed by atoms with E-state index in [2.05, 4.69) is 10.0 Å². The second-order valence-electron chi connectivity index (χ2n) is 8.26. The van der Waals surface area contributed by atoms with E-state index in [1.54, 1.807) is 0 Å². The van der Waals surface area contributed by atoms with Crippen LogP contribution >= 0.6 is 0 Å². The Morgan fingerprint density at radius 2 is 1.38 bits per heavy atom. The van der Waals surface area contributed by atoms with E-state index in [-0.39, 0.29) is 24.1 Å². The maximum Gasteiger partial charge on any atom is 0.326 e. The molecule has 0 fully saturated rings. The van der Waals surface area contributed by atoms with E-state index in [4.69, 9.17) is 0 Å². The summed E-state index contributed by atoms with van der Waals surface area (Å²) in [4.78, 5) is 45.1. The number of carbonyl (C=O) groups is 2. The highest BCUT2D eigenvalue weighted by Gasteiger charge is 2.33. The van der Waals surface area contributed by atoms with Gasteiger partial charge in [0.05, 0.1) is 9.85 Å². The largest absolute Gasteiger partial charge is 0.480 e. The molecule has 0 aliphatic rings. The fourth-order valence-electron chi connectivity index (χ4n) is 3.59. The number of nitro benzene ring substituents is 2. The average Bonchev–Trinajstić information content (AvgIpc) is 2.89. The number of carboxylic acid groups (broad SMARTS) is 1. The summed E-state index contributed by atoms with van der Waals surface area (Å²) < 4.78 is 41.5. The Morgan fingerprint density at radius 3 is 1.92 bits per heavy atom. The Balaban J connectivity index is 1.93. The van der Waals surface area contributed by atoms with E-state index in [0.29, 0.717) is 5.56 Å². The molecular formula is C24H21FN4O9S. The summed E-state index contributed by atoms with van der Waals surface area (Å²) >= 11 is 0. The average molecular weight is 561 g/mol. The van der Waals surface area contributed by atoms with Crippen LogP contribution in [0.4, 0.5) is 15.8 Å². The number of amides is 1. The first-order chi connectivity index (χ1) is 18.4. The minimum Gasteiger partial charge on any atom is -0.480 e. The van der Waals surface area contributed by atoms with Crippen LogP contribution in [0.1, 0.15) is 11.1 Å². The van der Waals surface area contributed by atoms with Gasteiger partial charge in [-0.15, -0.1) is 0 Å². The predicted molar refractivity (Wildman–Crippen MR) is 134 cm³/mol. The molecule has 3 rings (SSSR count). The van der Waals surface area contributed by atoms with Crippen LogP contribution in [0.2, 0.25) is 0 Å². The van der Waals surface area contributed by atoms with E-state index in [1.165, 1.54) is 36.4 Å². The lowest BCUT2D eigenvalue weighted by Crippen LogP contribution is -2.53. The second kappa shape index (κ2) is 12.2. The maximum atomic E-state index is 13.2. The van der Waals surface area contributed by atoms with E-state index in [9.17, 15) is 47.7 Å². The smallest absolute Gasteiger partial charge is 0.326 e. The monoisotopic (exact) mass is 560 g/mol. The van der Waals surface area contributed by atoms with Gasteiger partial charge in [0, 0.05) is 24.6 Å². The Bertz CT molecular complexity index is 1500. The summed E-state index contributed by atoms with van der Waals surface area (Å²) in [6.45, 7) is 0. The zero-order valence-electron chi connectivity index (χ0n) is 19.9. The third kappa shape index (κ3) is 7.62. The number of aliphatic carboxylic acids is 1. The summed E-state index contributed by atoms with van der Waals surface area (Å²) in [5, 5.41) is 34.2. The highest BCUT2D eigenvalue weighted by Crippen LogP contribution is 2.23. The number of nitro groups is 2. The van der Waals surface area contributed by atoms with Crippen LogP contribution in [0.15, 0.2) is 77.7 Å². The van der Waals surface area contributed by atoms with Crippen molar-refractivity contribution in [2.75, 3.05) is 0 Å². The number of hydrogen-bond donors (Lipinski definition) is 3. The van der Waals surface area contributed by atoms with Crippen LogP contribution in [0.5, 0.6) is 0 Å². The van der Waals surface area contributed by atoms with Crippen molar-refractivity contribution in [3.8, 4) is 0 Å². The number of non-ortho nitro benzene ring substituents is 1. The Labute approximate surface area is 220 Å². The topological polar surface area (TPSA) is 199 Å². The Morgan fingerprint density at radius 1 is 0.846 bits per heavy atom. The maximum absolute atomic E-state index is 13.2. The number of halogens is 1. The number of nitrogens with zero attached hydrogens (tertiary/aromatic N) is 2. The van der Waals surface area contributed by atoms with Gasteiger partial charge in [-0.1, -0.05) is 36.4 Å². The molecule has 15 heteroatoms. The zero-order chi connectivity index (χ0) is 28.7. The molecule has 3 aromatic carbocycles. The van der Waals surface area contributed by atoms with Crippen molar-refractivity contribution >= 4 is 33.3 Å². The van der Waals surface area contributed by atoms with E-state index in [0.717, 1.165) is 36.4 Å². The first-order valence-corrected chi connectivity index (χ1v) is 12.6. The number of benzene rings is 3. The molecule has 0 bridgehead atoms. The van der Waals surface area contributed by atoms with E-state index in [1.807, 2.05) is 0 Å². The second-order valence-corrected chi connectivity index (χ2v) is 9.94. The van der Waals surface area contributed by atoms with Crippen LogP contribution < -0.4 is 10.0 Å². The number of carboxylic acids is 1. The van der Waals surface area contributed by atoms with Crippen LogP contribution in [0, 0.1) is 26.0 Å². The Hall–Kier alpha value is -4.76. The van der Waals surface area contributed by atoms with Crippen molar-refractivity contribution in [3.05, 3.63) is 110 Å². The lowest BCUT2D eigenvalue weighted by molar-refractivity contribution is -0.387. The van der Waals surface area contributed by atoms with E-state index < -0.39 is 60.2 Å². The van der Waals surface area contributed by atoms with Crippen LogP contribution in [0.25, 0.3) is 0 Å². The molecule has 3 N–H and O–H groups in total. The van der Waals surface area contributed by atoms with Gasteiger partial charge >= 0.3 is 5.97 Å². The molecule has 3 aromatic rings. The van der Waals surface area contributed by atoms with Crippen LogP contribution in [-0.2, 0) is 32.5 Å². The van der Waals surface area contributed by atoms with E-state index >= 15 is 0 Å². The van der Waals surface area contributed by atoms with Gasteiger partial charge in [-0.05, 0) is 35.7 Å². The van der Waals surface area contributed by atoms with Gasteiger partial charge < -0.3 is 10.4 Å². The lowest BCUT2D eigenvalue weighted by atomic mass is 10.0. The highest BCUT2D eigenvalue weighted by atomic mass is 32.2. The van der Waals surface area contributed by atoms with Gasteiger partial charge in [-0.2, -0.15) is 4.72 Å². The molecule has 0 aromatic heterocycles. The molecule has 1 amide bonds.